The van der Waals surface area contributed by atoms with Crippen LogP contribution in [0.4, 0.5) is 11.4 Å². The summed E-state index contributed by atoms with van der Waals surface area (Å²) in [4.78, 5) is 28.9. The average molecular weight is 462 g/mol. The van der Waals surface area contributed by atoms with Crippen LogP contribution in [-0.4, -0.2) is 30.9 Å². The lowest BCUT2D eigenvalue weighted by molar-refractivity contribution is -0.117. The highest BCUT2D eigenvalue weighted by molar-refractivity contribution is 6.03. The fourth-order valence-electron chi connectivity index (χ4n) is 5.32. The van der Waals surface area contributed by atoms with Gasteiger partial charge in [0.05, 0.1) is 11.5 Å². The molecule has 1 heterocycles. The first-order valence-electron chi connectivity index (χ1n) is 13.1. The van der Waals surface area contributed by atoms with E-state index in [-0.39, 0.29) is 23.8 Å². The van der Waals surface area contributed by atoms with Crippen LogP contribution in [-0.2, 0) is 4.79 Å². The smallest absolute Gasteiger partial charge is 0.253 e. The molecular weight excluding hydrogens is 422 g/mol. The minimum absolute atomic E-state index is 0.0216. The number of rotatable bonds is 7. The molecule has 0 spiro atoms. The van der Waals surface area contributed by atoms with Gasteiger partial charge >= 0.3 is 0 Å². The second-order valence-electron chi connectivity index (χ2n) is 10.1. The van der Waals surface area contributed by atoms with Crippen LogP contribution in [0.5, 0.6) is 0 Å². The molecule has 2 fully saturated rings. The van der Waals surface area contributed by atoms with Crippen molar-refractivity contribution in [2.75, 3.05) is 23.3 Å². The van der Waals surface area contributed by atoms with E-state index in [0.717, 1.165) is 62.4 Å². The van der Waals surface area contributed by atoms with Crippen molar-refractivity contribution in [3.05, 3.63) is 59.7 Å². The number of carbonyl (C=O) groups is 2. The van der Waals surface area contributed by atoms with E-state index < -0.39 is 0 Å². The van der Waals surface area contributed by atoms with Crippen molar-refractivity contribution in [2.45, 2.75) is 77.2 Å². The summed E-state index contributed by atoms with van der Waals surface area (Å²) in [6.45, 7) is 6.25. The van der Waals surface area contributed by atoms with Gasteiger partial charge in [0.15, 0.2) is 0 Å². The molecule has 4 rings (SSSR count). The van der Waals surface area contributed by atoms with E-state index in [2.05, 4.69) is 22.5 Å². The van der Waals surface area contributed by atoms with Crippen LogP contribution in [0.3, 0.4) is 0 Å². The van der Waals surface area contributed by atoms with Crippen molar-refractivity contribution in [1.82, 2.24) is 5.32 Å². The molecule has 182 valence electrons. The molecule has 2 aromatic rings. The molecule has 2 amide bonds. The van der Waals surface area contributed by atoms with E-state index in [1.165, 1.54) is 19.3 Å². The van der Waals surface area contributed by atoms with Gasteiger partial charge in [-0.05, 0) is 61.8 Å². The summed E-state index contributed by atoms with van der Waals surface area (Å²) in [5.41, 5.74) is 3.35. The van der Waals surface area contributed by atoms with Crippen molar-refractivity contribution >= 4 is 23.2 Å². The molecule has 0 radical (unpaired) electrons. The SMILES string of the molecule is CCC(C(=O)Nc1ccc(N2CCC(C)CC2)c(C(=O)NC2CCCCC2)c1)c1ccccc1. The molecule has 1 aliphatic heterocycles. The maximum Gasteiger partial charge on any atom is 0.253 e. The molecule has 2 aromatic carbocycles. The minimum atomic E-state index is -0.219. The van der Waals surface area contributed by atoms with Crippen molar-refractivity contribution < 1.29 is 9.59 Å². The van der Waals surface area contributed by atoms with E-state index in [0.29, 0.717) is 11.3 Å². The molecule has 5 nitrogen and oxygen atoms in total. The highest BCUT2D eigenvalue weighted by atomic mass is 16.2. The Balaban J connectivity index is 1.56. The Hall–Kier alpha value is -2.82. The number of hydrogen-bond donors (Lipinski definition) is 2. The summed E-state index contributed by atoms with van der Waals surface area (Å²) >= 11 is 0. The average Bonchev–Trinajstić information content (AvgIpc) is 2.86. The second kappa shape index (κ2) is 11.5. The fourth-order valence-corrected chi connectivity index (χ4v) is 5.32. The summed E-state index contributed by atoms with van der Waals surface area (Å²) < 4.78 is 0. The summed E-state index contributed by atoms with van der Waals surface area (Å²) in [5.74, 6) is 0.445. The zero-order valence-corrected chi connectivity index (χ0v) is 20.7. The Morgan fingerprint density at radius 2 is 1.68 bits per heavy atom. The first-order chi connectivity index (χ1) is 16.5. The number of benzene rings is 2. The van der Waals surface area contributed by atoms with Gasteiger partial charge in [-0.3, -0.25) is 9.59 Å². The first-order valence-corrected chi connectivity index (χ1v) is 13.1. The van der Waals surface area contributed by atoms with E-state index >= 15 is 0 Å². The number of hydrogen-bond acceptors (Lipinski definition) is 3. The van der Waals surface area contributed by atoms with Gasteiger partial charge < -0.3 is 15.5 Å². The summed E-state index contributed by atoms with van der Waals surface area (Å²) in [5, 5.41) is 6.38. The number of nitrogens with one attached hydrogen (secondary N) is 2. The van der Waals surface area contributed by atoms with Crippen LogP contribution in [0.1, 0.15) is 87.1 Å². The summed E-state index contributed by atoms with van der Waals surface area (Å²) in [6, 6.07) is 16.0. The Kier molecular flexibility index (Phi) is 8.25. The Labute approximate surface area is 204 Å². The van der Waals surface area contributed by atoms with Crippen LogP contribution in [0.2, 0.25) is 0 Å². The number of carbonyl (C=O) groups excluding carboxylic acids is 2. The molecule has 2 N–H and O–H groups in total. The molecule has 34 heavy (non-hydrogen) atoms. The van der Waals surface area contributed by atoms with Gasteiger partial charge in [-0.15, -0.1) is 0 Å². The largest absolute Gasteiger partial charge is 0.371 e. The van der Waals surface area contributed by atoms with Gasteiger partial charge in [0.1, 0.15) is 0 Å². The normalized spacial score (nSPS) is 18.4. The number of amides is 2. The molecular formula is C29H39N3O2. The first kappa shape index (κ1) is 24.3. The lowest BCUT2D eigenvalue weighted by atomic mass is 9.94. The van der Waals surface area contributed by atoms with Crippen LogP contribution >= 0.6 is 0 Å². The van der Waals surface area contributed by atoms with E-state index in [9.17, 15) is 9.59 Å². The predicted molar refractivity (Wildman–Crippen MR) is 139 cm³/mol. The van der Waals surface area contributed by atoms with Crippen molar-refractivity contribution in [1.29, 1.82) is 0 Å². The third kappa shape index (κ3) is 5.99. The lowest BCUT2D eigenvalue weighted by Gasteiger charge is -2.34. The van der Waals surface area contributed by atoms with Gasteiger partial charge in [-0.2, -0.15) is 0 Å². The van der Waals surface area contributed by atoms with Gasteiger partial charge in [-0.1, -0.05) is 63.4 Å². The van der Waals surface area contributed by atoms with Crippen molar-refractivity contribution in [3.8, 4) is 0 Å². The number of nitrogens with zero attached hydrogens (tertiary/aromatic N) is 1. The maximum atomic E-state index is 13.4. The van der Waals surface area contributed by atoms with Crippen LogP contribution in [0.15, 0.2) is 48.5 Å². The van der Waals surface area contributed by atoms with E-state index in [1.54, 1.807) is 0 Å². The molecule has 2 aliphatic rings. The van der Waals surface area contributed by atoms with Gasteiger partial charge in [-0.25, -0.2) is 0 Å². The molecule has 5 heteroatoms. The van der Waals surface area contributed by atoms with Gasteiger partial charge in [0.25, 0.3) is 5.91 Å². The minimum Gasteiger partial charge on any atom is -0.371 e. The van der Waals surface area contributed by atoms with Crippen LogP contribution < -0.4 is 15.5 Å². The van der Waals surface area contributed by atoms with Gasteiger partial charge in [0.2, 0.25) is 5.91 Å². The van der Waals surface area contributed by atoms with Crippen LogP contribution in [0, 0.1) is 5.92 Å². The van der Waals surface area contributed by atoms with E-state index in [4.69, 9.17) is 0 Å². The Morgan fingerprint density at radius 1 is 0.971 bits per heavy atom. The molecule has 1 atom stereocenters. The molecule has 1 saturated carbocycles. The van der Waals surface area contributed by atoms with Crippen LogP contribution in [0.25, 0.3) is 0 Å². The molecule has 0 bridgehead atoms. The zero-order chi connectivity index (χ0) is 23.9. The standard InChI is InChI=1S/C29H39N3O2/c1-3-25(22-10-6-4-7-11-22)28(33)31-24-14-15-27(32-18-16-21(2)17-19-32)26(20-24)29(34)30-23-12-8-5-9-13-23/h4,6-7,10-11,14-15,20-21,23,25H,3,5,8-9,12-13,16-19H2,1-2H3,(H,30,34)(H,31,33). The summed E-state index contributed by atoms with van der Waals surface area (Å²) in [7, 11) is 0. The molecule has 1 saturated heterocycles. The topological polar surface area (TPSA) is 61.4 Å². The second-order valence-corrected chi connectivity index (χ2v) is 10.1. The number of piperidine rings is 1. The quantitative estimate of drug-likeness (QED) is 0.522. The molecule has 0 aromatic heterocycles. The molecule has 1 aliphatic carbocycles. The third-order valence-electron chi connectivity index (χ3n) is 7.50. The Bertz CT molecular complexity index is 961. The highest BCUT2D eigenvalue weighted by Crippen LogP contribution is 2.30. The van der Waals surface area contributed by atoms with Gasteiger partial charge in [0, 0.05) is 30.5 Å². The van der Waals surface area contributed by atoms with E-state index in [1.807, 2.05) is 55.5 Å². The predicted octanol–water partition coefficient (Wildman–Crippen LogP) is 6.12. The van der Waals surface area contributed by atoms with Crippen molar-refractivity contribution in [2.24, 2.45) is 5.92 Å². The highest BCUT2D eigenvalue weighted by Gasteiger charge is 2.25. The zero-order valence-electron chi connectivity index (χ0n) is 20.7. The third-order valence-corrected chi connectivity index (χ3v) is 7.50. The van der Waals surface area contributed by atoms with Crippen molar-refractivity contribution in [3.63, 3.8) is 0 Å². The number of anilines is 2. The summed E-state index contributed by atoms with van der Waals surface area (Å²) in [6.07, 6.45) is 8.70. The molecule has 1 unspecified atom stereocenters. The fraction of sp³-hybridized carbons (Fsp3) is 0.517. The lowest BCUT2D eigenvalue weighted by Crippen LogP contribution is -2.38. The maximum absolute atomic E-state index is 13.4. The monoisotopic (exact) mass is 461 g/mol. The Morgan fingerprint density at radius 3 is 2.35 bits per heavy atom.